The molecule has 0 spiro atoms. The SMILES string of the molecule is COc1ncccc1COc1ccc(Br)c(CC(C)N)c1. The van der Waals surface area contributed by atoms with Crippen LogP contribution >= 0.6 is 15.9 Å². The Morgan fingerprint density at radius 1 is 1.29 bits per heavy atom. The summed E-state index contributed by atoms with van der Waals surface area (Å²) in [5, 5.41) is 0. The van der Waals surface area contributed by atoms with E-state index in [2.05, 4.69) is 20.9 Å². The van der Waals surface area contributed by atoms with Gasteiger partial charge in [-0.1, -0.05) is 15.9 Å². The molecule has 0 aliphatic heterocycles. The van der Waals surface area contributed by atoms with E-state index in [1.165, 1.54) is 0 Å². The van der Waals surface area contributed by atoms with Crippen LogP contribution in [-0.2, 0) is 13.0 Å². The Morgan fingerprint density at radius 3 is 2.81 bits per heavy atom. The molecule has 5 heteroatoms. The summed E-state index contributed by atoms with van der Waals surface area (Å²) in [6.07, 6.45) is 2.50. The van der Waals surface area contributed by atoms with Crippen molar-refractivity contribution in [3.05, 3.63) is 52.1 Å². The summed E-state index contributed by atoms with van der Waals surface area (Å²) in [5.41, 5.74) is 7.91. The van der Waals surface area contributed by atoms with Crippen LogP contribution in [0.15, 0.2) is 41.0 Å². The lowest BCUT2D eigenvalue weighted by Gasteiger charge is -2.12. The molecule has 1 atom stereocenters. The lowest BCUT2D eigenvalue weighted by Crippen LogP contribution is -2.18. The van der Waals surface area contributed by atoms with Gasteiger partial charge in [0.25, 0.3) is 0 Å². The molecule has 21 heavy (non-hydrogen) atoms. The Hall–Kier alpha value is -1.59. The van der Waals surface area contributed by atoms with Crippen LogP contribution in [0.25, 0.3) is 0 Å². The molecule has 1 aromatic heterocycles. The molecular formula is C16H19BrN2O2. The number of nitrogens with two attached hydrogens (primary N) is 1. The lowest BCUT2D eigenvalue weighted by molar-refractivity contribution is 0.293. The molecule has 0 amide bonds. The summed E-state index contributed by atoms with van der Waals surface area (Å²) in [6.45, 7) is 2.40. The number of hydrogen-bond donors (Lipinski definition) is 1. The monoisotopic (exact) mass is 350 g/mol. The van der Waals surface area contributed by atoms with Gasteiger partial charge in [-0.05, 0) is 49.2 Å². The van der Waals surface area contributed by atoms with Crippen molar-refractivity contribution in [2.75, 3.05) is 7.11 Å². The highest BCUT2D eigenvalue weighted by Crippen LogP contribution is 2.25. The first kappa shape index (κ1) is 15.8. The molecule has 112 valence electrons. The quantitative estimate of drug-likeness (QED) is 0.867. The molecule has 2 aromatic rings. The molecule has 1 unspecified atom stereocenters. The molecule has 1 heterocycles. The third kappa shape index (κ3) is 4.44. The Morgan fingerprint density at radius 2 is 2.10 bits per heavy atom. The van der Waals surface area contributed by atoms with Crippen LogP contribution in [0.5, 0.6) is 11.6 Å². The molecule has 0 saturated heterocycles. The maximum absolute atomic E-state index is 5.86. The zero-order chi connectivity index (χ0) is 15.2. The van der Waals surface area contributed by atoms with Crippen LogP contribution in [0.1, 0.15) is 18.1 Å². The average molecular weight is 351 g/mol. The molecule has 0 bridgehead atoms. The smallest absolute Gasteiger partial charge is 0.219 e. The van der Waals surface area contributed by atoms with Crippen LogP contribution < -0.4 is 15.2 Å². The molecule has 0 aliphatic carbocycles. The van der Waals surface area contributed by atoms with Gasteiger partial charge in [-0.3, -0.25) is 0 Å². The number of halogens is 1. The average Bonchev–Trinajstić information content (AvgIpc) is 2.48. The van der Waals surface area contributed by atoms with Gasteiger partial charge in [0.15, 0.2) is 0 Å². The standard InChI is InChI=1S/C16H19BrN2O2/c1-11(18)8-13-9-14(5-6-15(13)17)21-10-12-4-3-7-19-16(12)20-2/h3-7,9,11H,8,10,18H2,1-2H3. The van der Waals surface area contributed by atoms with Crippen molar-refractivity contribution >= 4 is 15.9 Å². The molecular weight excluding hydrogens is 332 g/mol. The summed E-state index contributed by atoms with van der Waals surface area (Å²) in [5.74, 6) is 1.39. The van der Waals surface area contributed by atoms with Gasteiger partial charge in [0.05, 0.1) is 12.7 Å². The first-order valence-corrected chi connectivity index (χ1v) is 7.54. The van der Waals surface area contributed by atoms with E-state index in [4.69, 9.17) is 15.2 Å². The molecule has 2 N–H and O–H groups in total. The van der Waals surface area contributed by atoms with E-state index in [0.29, 0.717) is 12.5 Å². The molecule has 0 fully saturated rings. The highest BCUT2D eigenvalue weighted by atomic mass is 79.9. The number of aromatic nitrogens is 1. The van der Waals surface area contributed by atoms with Crippen molar-refractivity contribution in [1.82, 2.24) is 4.98 Å². The second kappa shape index (κ2) is 7.43. The predicted molar refractivity (Wildman–Crippen MR) is 86.6 cm³/mol. The number of nitrogens with zero attached hydrogens (tertiary/aromatic N) is 1. The van der Waals surface area contributed by atoms with Gasteiger partial charge in [-0.15, -0.1) is 0 Å². The van der Waals surface area contributed by atoms with Crippen molar-refractivity contribution < 1.29 is 9.47 Å². The van der Waals surface area contributed by atoms with Gasteiger partial charge in [-0.2, -0.15) is 0 Å². The lowest BCUT2D eigenvalue weighted by atomic mass is 10.1. The van der Waals surface area contributed by atoms with Crippen molar-refractivity contribution in [2.45, 2.75) is 26.0 Å². The molecule has 0 radical (unpaired) electrons. The third-order valence-electron chi connectivity index (χ3n) is 3.00. The van der Waals surface area contributed by atoms with E-state index < -0.39 is 0 Å². The summed E-state index contributed by atoms with van der Waals surface area (Å²) in [4.78, 5) is 4.15. The normalized spacial score (nSPS) is 12.0. The first-order valence-electron chi connectivity index (χ1n) is 6.75. The number of methoxy groups -OCH3 is 1. The van der Waals surface area contributed by atoms with E-state index in [0.717, 1.165) is 27.8 Å². The summed E-state index contributed by atoms with van der Waals surface area (Å²) in [6, 6.07) is 9.83. The fourth-order valence-corrected chi connectivity index (χ4v) is 2.43. The minimum absolute atomic E-state index is 0.106. The van der Waals surface area contributed by atoms with Crippen molar-refractivity contribution in [3.8, 4) is 11.6 Å². The second-order valence-electron chi connectivity index (χ2n) is 4.90. The Balaban J connectivity index is 2.09. The van der Waals surface area contributed by atoms with Crippen LogP contribution in [0.3, 0.4) is 0 Å². The van der Waals surface area contributed by atoms with Gasteiger partial charge in [0.2, 0.25) is 5.88 Å². The Bertz CT molecular complexity index is 603. The maximum atomic E-state index is 5.86. The van der Waals surface area contributed by atoms with E-state index in [9.17, 15) is 0 Å². The number of ether oxygens (including phenoxy) is 2. The number of hydrogen-bond acceptors (Lipinski definition) is 4. The Kier molecular flexibility index (Phi) is 5.59. The maximum Gasteiger partial charge on any atom is 0.219 e. The second-order valence-corrected chi connectivity index (χ2v) is 5.75. The van der Waals surface area contributed by atoms with Crippen LogP contribution in [-0.4, -0.2) is 18.1 Å². The molecule has 0 saturated carbocycles. The summed E-state index contributed by atoms with van der Waals surface area (Å²) >= 11 is 3.54. The summed E-state index contributed by atoms with van der Waals surface area (Å²) in [7, 11) is 1.60. The number of pyridine rings is 1. The zero-order valence-electron chi connectivity index (χ0n) is 12.2. The van der Waals surface area contributed by atoms with Crippen molar-refractivity contribution in [1.29, 1.82) is 0 Å². The van der Waals surface area contributed by atoms with E-state index in [1.807, 2.05) is 37.3 Å². The van der Waals surface area contributed by atoms with Crippen LogP contribution in [0.4, 0.5) is 0 Å². The fraction of sp³-hybridized carbons (Fsp3) is 0.312. The first-order chi connectivity index (χ1) is 10.1. The van der Waals surface area contributed by atoms with E-state index >= 15 is 0 Å². The van der Waals surface area contributed by atoms with E-state index in [-0.39, 0.29) is 6.04 Å². The van der Waals surface area contributed by atoms with Crippen LogP contribution in [0.2, 0.25) is 0 Å². The fourth-order valence-electron chi connectivity index (χ4n) is 2.02. The van der Waals surface area contributed by atoms with Gasteiger partial charge < -0.3 is 15.2 Å². The van der Waals surface area contributed by atoms with Gasteiger partial charge in [0, 0.05) is 16.7 Å². The largest absolute Gasteiger partial charge is 0.489 e. The predicted octanol–water partition coefficient (Wildman–Crippen LogP) is 3.32. The Labute approximate surface area is 133 Å². The molecule has 2 rings (SSSR count). The molecule has 4 nitrogen and oxygen atoms in total. The zero-order valence-corrected chi connectivity index (χ0v) is 13.8. The van der Waals surface area contributed by atoms with Gasteiger partial charge in [0.1, 0.15) is 12.4 Å². The van der Waals surface area contributed by atoms with Gasteiger partial charge in [-0.25, -0.2) is 4.98 Å². The minimum atomic E-state index is 0.106. The summed E-state index contributed by atoms with van der Waals surface area (Å²) < 4.78 is 12.1. The highest BCUT2D eigenvalue weighted by molar-refractivity contribution is 9.10. The minimum Gasteiger partial charge on any atom is -0.489 e. The molecule has 0 aliphatic rings. The highest BCUT2D eigenvalue weighted by Gasteiger charge is 2.07. The van der Waals surface area contributed by atoms with Crippen molar-refractivity contribution in [2.24, 2.45) is 5.73 Å². The van der Waals surface area contributed by atoms with Gasteiger partial charge >= 0.3 is 0 Å². The molecule has 1 aromatic carbocycles. The van der Waals surface area contributed by atoms with Crippen molar-refractivity contribution in [3.63, 3.8) is 0 Å². The van der Waals surface area contributed by atoms with E-state index in [1.54, 1.807) is 13.3 Å². The topological polar surface area (TPSA) is 57.4 Å². The van der Waals surface area contributed by atoms with Crippen LogP contribution in [0, 0.1) is 0 Å². The number of benzene rings is 1. The third-order valence-corrected chi connectivity index (χ3v) is 3.77. The number of rotatable bonds is 6.